The first-order chi connectivity index (χ1) is 33.3. The number of benzene rings is 11. The van der Waals surface area contributed by atoms with Gasteiger partial charge in [-0.3, -0.25) is 0 Å². The van der Waals surface area contributed by atoms with Crippen LogP contribution in [0.5, 0.6) is 0 Å². The normalized spacial score (nSPS) is 12.6. The minimum atomic E-state index is -0.497. The first kappa shape index (κ1) is 38.7. The number of hydrogen-bond acceptors (Lipinski definition) is 2. The Morgan fingerprint density at radius 3 is 1.54 bits per heavy atom. The van der Waals surface area contributed by atoms with Gasteiger partial charge in [-0.05, 0) is 115 Å². The summed E-state index contributed by atoms with van der Waals surface area (Å²) < 4.78 is 6.91. The molecule has 2 heteroatoms. The molecule has 0 spiro atoms. The van der Waals surface area contributed by atoms with Gasteiger partial charge in [-0.2, -0.15) is 0 Å². The molecule has 0 N–H and O–H groups in total. The van der Waals surface area contributed by atoms with Gasteiger partial charge in [0.2, 0.25) is 0 Å². The molecule has 0 unspecified atom stereocenters. The van der Waals surface area contributed by atoms with Crippen molar-refractivity contribution in [1.82, 2.24) is 0 Å². The molecule has 0 saturated carbocycles. The van der Waals surface area contributed by atoms with Crippen molar-refractivity contribution in [3.63, 3.8) is 0 Å². The molecular formula is C65H43NO. The van der Waals surface area contributed by atoms with E-state index < -0.39 is 5.41 Å². The topological polar surface area (TPSA) is 16.4 Å². The Kier molecular flexibility index (Phi) is 9.11. The van der Waals surface area contributed by atoms with E-state index in [2.05, 4.69) is 266 Å². The van der Waals surface area contributed by atoms with E-state index in [1.54, 1.807) is 0 Å². The van der Waals surface area contributed by atoms with Gasteiger partial charge in [-0.1, -0.05) is 218 Å². The minimum Gasteiger partial charge on any atom is -0.455 e. The monoisotopic (exact) mass is 853 g/mol. The summed E-state index contributed by atoms with van der Waals surface area (Å²) >= 11 is 0. The average Bonchev–Trinajstić information content (AvgIpc) is 3.95. The fourth-order valence-corrected chi connectivity index (χ4v) is 11.1. The van der Waals surface area contributed by atoms with E-state index in [1.165, 1.54) is 61.2 Å². The van der Waals surface area contributed by atoms with Crippen molar-refractivity contribution in [2.75, 3.05) is 4.90 Å². The van der Waals surface area contributed by atoms with Gasteiger partial charge in [0.05, 0.1) is 16.5 Å². The van der Waals surface area contributed by atoms with Gasteiger partial charge in [0, 0.05) is 22.1 Å². The third-order valence-electron chi connectivity index (χ3n) is 13.9. The molecule has 314 valence electrons. The average molecular weight is 854 g/mol. The van der Waals surface area contributed by atoms with Gasteiger partial charge in [-0.15, -0.1) is 0 Å². The van der Waals surface area contributed by atoms with Crippen LogP contribution in [0.2, 0.25) is 0 Å². The van der Waals surface area contributed by atoms with Gasteiger partial charge in [-0.25, -0.2) is 0 Å². The number of fused-ring (bicyclic) bond motifs is 8. The lowest BCUT2D eigenvalue weighted by molar-refractivity contribution is 0.672. The molecule has 0 atom stereocenters. The zero-order chi connectivity index (χ0) is 44.3. The summed E-state index contributed by atoms with van der Waals surface area (Å²) in [6, 6.07) is 94.8. The van der Waals surface area contributed by atoms with Gasteiger partial charge in [0.25, 0.3) is 0 Å². The van der Waals surface area contributed by atoms with Crippen LogP contribution in [0.1, 0.15) is 22.3 Å². The summed E-state index contributed by atoms with van der Waals surface area (Å²) in [6.07, 6.45) is 0. The highest BCUT2D eigenvalue weighted by Crippen LogP contribution is 2.59. The van der Waals surface area contributed by atoms with Crippen LogP contribution in [0, 0.1) is 0 Å². The van der Waals surface area contributed by atoms with E-state index in [9.17, 15) is 0 Å². The Bertz CT molecular complexity index is 3720. The zero-order valence-corrected chi connectivity index (χ0v) is 36.7. The van der Waals surface area contributed by atoms with Crippen molar-refractivity contribution < 1.29 is 4.42 Å². The van der Waals surface area contributed by atoms with Crippen molar-refractivity contribution >= 4 is 49.8 Å². The summed E-state index contributed by atoms with van der Waals surface area (Å²) in [6.45, 7) is 0. The van der Waals surface area contributed by atoms with Gasteiger partial charge in [0.1, 0.15) is 11.2 Å². The van der Waals surface area contributed by atoms with Crippen LogP contribution >= 0.6 is 0 Å². The Morgan fingerprint density at radius 1 is 0.328 bits per heavy atom. The smallest absolute Gasteiger partial charge is 0.143 e. The minimum absolute atomic E-state index is 0.497. The Morgan fingerprint density at radius 2 is 0.836 bits per heavy atom. The molecule has 67 heavy (non-hydrogen) atoms. The number of nitrogens with zero attached hydrogens (tertiary/aromatic N) is 1. The predicted molar refractivity (Wildman–Crippen MR) is 280 cm³/mol. The molecule has 1 aliphatic rings. The standard InChI is InChI=1S/C65H43NO/c1-5-19-44(20-6-1)45-39-41-51(42-40-45)66(50-25-11-4-12-26-50)60-33-18-34-61-62(60)58-43-57(53-27-13-14-29-56(53)64(58)67-61)47-37-35-46(36-38-47)52-30-17-31-55-54-28-15-16-32-59(54)65(63(52)55,48-21-7-2-8-22-48)49-23-9-3-10-24-49/h1-43H. The highest BCUT2D eigenvalue weighted by molar-refractivity contribution is 6.22. The molecule has 0 bridgehead atoms. The largest absolute Gasteiger partial charge is 0.455 e. The van der Waals surface area contributed by atoms with Gasteiger partial charge >= 0.3 is 0 Å². The summed E-state index contributed by atoms with van der Waals surface area (Å²) in [5.41, 5.74) is 19.3. The lowest BCUT2D eigenvalue weighted by Gasteiger charge is -2.35. The van der Waals surface area contributed by atoms with Crippen molar-refractivity contribution in [3.05, 3.63) is 283 Å². The van der Waals surface area contributed by atoms with Crippen LogP contribution < -0.4 is 4.90 Å². The highest BCUT2D eigenvalue weighted by atomic mass is 16.3. The van der Waals surface area contributed by atoms with E-state index in [4.69, 9.17) is 4.42 Å². The maximum absolute atomic E-state index is 6.91. The van der Waals surface area contributed by atoms with E-state index in [0.29, 0.717) is 0 Å². The maximum Gasteiger partial charge on any atom is 0.143 e. The summed E-state index contributed by atoms with van der Waals surface area (Å²) in [5, 5.41) is 4.41. The molecule has 0 saturated heterocycles. The molecule has 11 aromatic carbocycles. The fourth-order valence-electron chi connectivity index (χ4n) is 11.1. The quantitative estimate of drug-likeness (QED) is 0.151. The SMILES string of the molecule is c1ccc(-c2ccc(N(c3ccccc3)c3cccc4oc5c6ccccc6c(-c6ccc(-c7cccc8c7C(c7ccccc7)(c7ccccc7)c7ccccc7-8)cc6)cc5c34)cc2)cc1. The van der Waals surface area contributed by atoms with E-state index in [0.717, 1.165) is 55.3 Å². The number of hydrogen-bond donors (Lipinski definition) is 0. The van der Waals surface area contributed by atoms with Crippen molar-refractivity contribution in [2.24, 2.45) is 0 Å². The van der Waals surface area contributed by atoms with Crippen LogP contribution in [-0.4, -0.2) is 0 Å². The van der Waals surface area contributed by atoms with Crippen molar-refractivity contribution in [1.29, 1.82) is 0 Å². The molecular weight excluding hydrogens is 811 g/mol. The molecule has 0 aliphatic heterocycles. The first-order valence-electron chi connectivity index (χ1n) is 23.1. The second kappa shape index (κ2) is 15.8. The Balaban J connectivity index is 0.982. The molecule has 13 rings (SSSR count). The van der Waals surface area contributed by atoms with Crippen LogP contribution in [0.3, 0.4) is 0 Å². The molecule has 12 aromatic rings. The predicted octanol–water partition coefficient (Wildman–Crippen LogP) is 17.6. The second-order valence-electron chi connectivity index (χ2n) is 17.5. The van der Waals surface area contributed by atoms with Crippen LogP contribution in [0.25, 0.3) is 77.2 Å². The van der Waals surface area contributed by atoms with E-state index in [-0.39, 0.29) is 0 Å². The third kappa shape index (κ3) is 6.11. The number of anilines is 3. The Labute approximate surface area is 390 Å². The fraction of sp³-hybridized carbons (Fsp3) is 0.0154. The molecule has 1 aromatic heterocycles. The van der Waals surface area contributed by atoms with E-state index in [1.807, 2.05) is 0 Å². The highest BCUT2D eigenvalue weighted by Gasteiger charge is 2.47. The lowest BCUT2D eigenvalue weighted by Crippen LogP contribution is -2.29. The molecule has 2 nitrogen and oxygen atoms in total. The lowest BCUT2D eigenvalue weighted by atomic mass is 9.66. The summed E-state index contributed by atoms with van der Waals surface area (Å²) in [5.74, 6) is 0. The molecule has 0 fully saturated rings. The van der Waals surface area contributed by atoms with E-state index >= 15 is 0 Å². The van der Waals surface area contributed by atoms with Crippen molar-refractivity contribution in [2.45, 2.75) is 5.41 Å². The number of para-hydroxylation sites is 1. The first-order valence-corrected chi connectivity index (χ1v) is 23.1. The third-order valence-corrected chi connectivity index (χ3v) is 13.9. The molecule has 0 amide bonds. The van der Waals surface area contributed by atoms with Gasteiger partial charge < -0.3 is 9.32 Å². The van der Waals surface area contributed by atoms with Crippen LogP contribution in [0.15, 0.2) is 265 Å². The van der Waals surface area contributed by atoms with Gasteiger partial charge in [0.15, 0.2) is 0 Å². The number of rotatable bonds is 8. The van der Waals surface area contributed by atoms with Crippen molar-refractivity contribution in [3.8, 4) is 44.5 Å². The summed E-state index contributed by atoms with van der Waals surface area (Å²) in [7, 11) is 0. The molecule has 1 heterocycles. The van der Waals surface area contributed by atoms with Crippen LogP contribution in [0.4, 0.5) is 17.1 Å². The maximum atomic E-state index is 6.91. The van der Waals surface area contributed by atoms with Crippen LogP contribution in [-0.2, 0) is 5.41 Å². The molecule has 1 aliphatic carbocycles. The number of furan rings is 1. The zero-order valence-electron chi connectivity index (χ0n) is 36.7. The second-order valence-corrected chi connectivity index (χ2v) is 17.5. The molecule has 0 radical (unpaired) electrons. The Hall–Kier alpha value is -8.72. The summed E-state index contributed by atoms with van der Waals surface area (Å²) in [4.78, 5) is 2.36.